The highest BCUT2D eigenvalue weighted by Crippen LogP contribution is 2.25. The monoisotopic (exact) mass is 302 g/mol. The van der Waals surface area contributed by atoms with Gasteiger partial charge in [0.05, 0.1) is 18.5 Å². The molecule has 1 saturated heterocycles. The molecule has 17 heavy (non-hydrogen) atoms. The quantitative estimate of drug-likeness (QED) is 0.906. The van der Waals surface area contributed by atoms with Crippen LogP contribution in [-0.2, 0) is 4.74 Å². The number of hydrogen-bond donors (Lipinski definition) is 1. The minimum absolute atomic E-state index is 0.0411. The zero-order valence-corrected chi connectivity index (χ0v) is 11.4. The number of aromatic nitrogens is 2. The Morgan fingerprint density at radius 2 is 2.12 bits per heavy atom. The first-order valence-electron chi connectivity index (χ1n) is 5.61. The lowest BCUT2D eigenvalue weighted by atomic mass is 10.0. The van der Waals surface area contributed by atoms with Gasteiger partial charge in [-0.05, 0) is 29.8 Å². The molecule has 1 N–H and O–H groups in total. The maximum Gasteiger partial charge on any atom is 0.268 e. The molecule has 0 spiro atoms. The van der Waals surface area contributed by atoms with Crippen LogP contribution in [0.3, 0.4) is 0 Å². The molecule has 0 radical (unpaired) electrons. The van der Waals surface area contributed by atoms with Crippen LogP contribution in [0.15, 0.2) is 15.6 Å². The van der Waals surface area contributed by atoms with Crippen LogP contribution < -0.4 is 10.3 Å². The summed E-state index contributed by atoms with van der Waals surface area (Å²) >= 11 is 3.17. The standard InChI is InChI=1S/C11H15BrN2O3/c1-6-3-8(4-7(2)16-6)17-11-9(12)10(15)13-5-14-11/h5-8H,3-4H2,1-2H3,(H,13,14,15). The minimum atomic E-state index is -0.233. The molecule has 6 heteroatoms. The van der Waals surface area contributed by atoms with Gasteiger partial charge in [-0.3, -0.25) is 4.79 Å². The molecule has 1 aliphatic heterocycles. The van der Waals surface area contributed by atoms with Crippen molar-refractivity contribution in [2.75, 3.05) is 0 Å². The van der Waals surface area contributed by atoms with E-state index in [1.165, 1.54) is 6.33 Å². The Labute approximate surface area is 108 Å². The average Bonchev–Trinajstić information content (AvgIpc) is 2.23. The first-order chi connectivity index (χ1) is 8.06. The van der Waals surface area contributed by atoms with E-state index < -0.39 is 0 Å². The van der Waals surface area contributed by atoms with E-state index in [9.17, 15) is 4.79 Å². The third-order valence-corrected chi connectivity index (χ3v) is 3.40. The number of ether oxygens (including phenoxy) is 2. The number of nitrogens with one attached hydrogen (secondary N) is 1. The Morgan fingerprint density at radius 1 is 1.47 bits per heavy atom. The first-order valence-corrected chi connectivity index (χ1v) is 6.41. The highest BCUT2D eigenvalue weighted by molar-refractivity contribution is 9.10. The molecule has 2 atom stereocenters. The van der Waals surface area contributed by atoms with E-state index in [4.69, 9.17) is 9.47 Å². The summed E-state index contributed by atoms with van der Waals surface area (Å²) in [6.45, 7) is 4.04. The first kappa shape index (κ1) is 12.6. The molecule has 0 saturated carbocycles. The highest BCUT2D eigenvalue weighted by atomic mass is 79.9. The number of aromatic amines is 1. The SMILES string of the molecule is CC1CC(Oc2nc[nH]c(=O)c2Br)CC(C)O1. The molecule has 1 fully saturated rings. The molecule has 1 aliphatic rings. The molecular weight excluding hydrogens is 288 g/mol. The summed E-state index contributed by atoms with van der Waals surface area (Å²) < 4.78 is 11.7. The van der Waals surface area contributed by atoms with Gasteiger partial charge < -0.3 is 14.5 Å². The molecule has 0 aromatic carbocycles. The largest absolute Gasteiger partial charge is 0.473 e. The van der Waals surface area contributed by atoms with Crippen LogP contribution in [0.2, 0.25) is 0 Å². The molecule has 0 amide bonds. The second-order valence-corrected chi connectivity index (χ2v) is 5.11. The molecule has 0 aliphatic carbocycles. The maximum absolute atomic E-state index is 11.4. The van der Waals surface area contributed by atoms with Gasteiger partial charge in [0.15, 0.2) is 0 Å². The number of hydrogen-bond acceptors (Lipinski definition) is 4. The van der Waals surface area contributed by atoms with E-state index in [-0.39, 0.29) is 23.9 Å². The van der Waals surface area contributed by atoms with E-state index in [2.05, 4.69) is 25.9 Å². The summed E-state index contributed by atoms with van der Waals surface area (Å²) in [4.78, 5) is 17.9. The summed E-state index contributed by atoms with van der Waals surface area (Å²) in [5, 5.41) is 0. The Bertz CT molecular complexity index is 439. The fourth-order valence-electron chi connectivity index (χ4n) is 2.05. The molecule has 1 aromatic rings. The minimum Gasteiger partial charge on any atom is -0.473 e. The van der Waals surface area contributed by atoms with Gasteiger partial charge in [-0.2, -0.15) is 0 Å². The van der Waals surface area contributed by atoms with Crippen LogP contribution in [0.4, 0.5) is 0 Å². The Kier molecular flexibility index (Phi) is 3.83. The number of nitrogens with zero attached hydrogens (tertiary/aromatic N) is 1. The lowest BCUT2D eigenvalue weighted by Crippen LogP contribution is -2.36. The molecule has 2 rings (SSSR count). The second-order valence-electron chi connectivity index (χ2n) is 4.32. The van der Waals surface area contributed by atoms with Crippen molar-refractivity contribution < 1.29 is 9.47 Å². The van der Waals surface area contributed by atoms with Crippen molar-refractivity contribution in [3.05, 3.63) is 21.2 Å². The Balaban J connectivity index is 2.10. The van der Waals surface area contributed by atoms with Crippen molar-refractivity contribution in [2.45, 2.75) is 45.0 Å². The van der Waals surface area contributed by atoms with Gasteiger partial charge in [0.2, 0.25) is 5.88 Å². The topological polar surface area (TPSA) is 64.2 Å². The van der Waals surface area contributed by atoms with Crippen molar-refractivity contribution in [2.24, 2.45) is 0 Å². The fourth-order valence-corrected chi connectivity index (χ4v) is 2.36. The van der Waals surface area contributed by atoms with E-state index in [0.29, 0.717) is 10.4 Å². The third kappa shape index (κ3) is 3.07. The molecule has 0 bridgehead atoms. The Morgan fingerprint density at radius 3 is 2.76 bits per heavy atom. The predicted octanol–water partition coefficient (Wildman–Crippen LogP) is 1.87. The van der Waals surface area contributed by atoms with Gasteiger partial charge in [0.25, 0.3) is 5.56 Å². The van der Waals surface area contributed by atoms with Gasteiger partial charge in [-0.25, -0.2) is 4.98 Å². The van der Waals surface area contributed by atoms with Gasteiger partial charge in [0, 0.05) is 12.8 Å². The maximum atomic E-state index is 11.4. The molecule has 1 aromatic heterocycles. The summed E-state index contributed by atoms with van der Waals surface area (Å²) in [6, 6.07) is 0. The van der Waals surface area contributed by atoms with Gasteiger partial charge in [0.1, 0.15) is 10.6 Å². The van der Waals surface area contributed by atoms with Crippen LogP contribution in [0.25, 0.3) is 0 Å². The van der Waals surface area contributed by atoms with Crippen molar-refractivity contribution in [1.29, 1.82) is 0 Å². The normalized spacial score (nSPS) is 29.0. The zero-order chi connectivity index (χ0) is 12.4. The lowest BCUT2D eigenvalue weighted by Gasteiger charge is -2.31. The lowest BCUT2D eigenvalue weighted by molar-refractivity contribution is -0.0731. The van der Waals surface area contributed by atoms with Gasteiger partial charge in [-0.1, -0.05) is 0 Å². The number of rotatable bonds is 2. The van der Waals surface area contributed by atoms with Crippen molar-refractivity contribution in [3.8, 4) is 5.88 Å². The van der Waals surface area contributed by atoms with Crippen LogP contribution in [0.1, 0.15) is 26.7 Å². The van der Waals surface area contributed by atoms with Gasteiger partial charge in [-0.15, -0.1) is 0 Å². The molecule has 2 unspecified atom stereocenters. The highest BCUT2D eigenvalue weighted by Gasteiger charge is 2.26. The smallest absolute Gasteiger partial charge is 0.268 e. The van der Waals surface area contributed by atoms with E-state index >= 15 is 0 Å². The third-order valence-electron chi connectivity index (χ3n) is 2.70. The van der Waals surface area contributed by atoms with Crippen LogP contribution in [0.5, 0.6) is 5.88 Å². The van der Waals surface area contributed by atoms with Crippen LogP contribution >= 0.6 is 15.9 Å². The van der Waals surface area contributed by atoms with E-state index in [0.717, 1.165) is 12.8 Å². The summed E-state index contributed by atoms with van der Waals surface area (Å²) in [7, 11) is 0. The van der Waals surface area contributed by atoms with Gasteiger partial charge >= 0.3 is 0 Å². The number of halogens is 1. The molecule has 5 nitrogen and oxygen atoms in total. The molecule has 94 valence electrons. The molecule has 2 heterocycles. The number of H-pyrrole nitrogens is 1. The van der Waals surface area contributed by atoms with Crippen molar-refractivity contribution >= 4 is 15.9 Å². The predicted molar refractivity (Wildman–Crippen MR) is 66.2 cm³/mol. The van der Waals surface area contributed by atoms with E-state index in [1.807, 2.05) is 13.8 Å². The van der Waals surface area contributed by atoms with Crippen molar-refractivity contribution in [1.82, 2.24) is 9.97 Å². The summed E-state index contributed by atoms with van der Waals surface area (Å²) in [5.41, 5.74) is -0.233. The van der Waals surface area contributed by atoms with Crippen LogP contribution in [-0.4, -0.2) is 28.3 Å². The second kappa shape index (κ2) is 5.18. The zero-order valence-electron chi connectivity index (χ0n) is 9.77. The van der Waals surface area contributed by atoms with E-state index in [1.54, 1.807) is 0 Å². The molecular formula is C11H15BrN2O3. The Hall–Kier alpha value is -0.880. The fraction of sp³-hybridized carbons (Fsp3) is 0.636. The average molecular weight is 303 g/mol. The van der Waals surface area contributed by atoms with Crippen LogP contribution in [0, 0.1) is 0 Å². The summed E-state index contributed by atoms with van der Waals surface area (Å²) in [6.07, 6.45) is 3.35. The van der Waals surface area contributed by atoms with Crippen molar-refractivity contribution in [3.63, 3.8) is 0 Å². The summed E-state index contributed by atoms with van der Waals surface area (Å²) in [5.74, 6) is 0.347.